The molecular weight excluding hydrogens is 198 g/mol. The van der Waals surface area contributed by atoms with Gasteiger partial charge in [-0.1, -0.05) is 24.1 Å². The van der Waals surface area contributed by atoms with Crippen LogP contribution in [-0.2, 0) is 7.05 Å². The van der Waals surface area contributed by atoms with Crippen LogP contribution in [0.5, 0.6) is 0 Å². The van der Waals surface area contributed by atoms with Crippen LogP contribution in [0.4, 0.5) is 5.69 Å². The van der Waals surface area contributed by atoms with Gasteiger partial charge in [0.2, 0.25) is 0 Å². The first-order valence-electron chi connectivity index (χ1n) is 5.04. The lowest BCUT2D eigenvalue weighted by Gasteiger charge is -1.90. The summed E-state index contributed by atoms with van der Waals surface area (Å²) in [6, 6.07) is 9.79. The molecule has 2 N–H and O–H groups in total. The minimum absolute atomic E-state index is 0.642. The van der Waals surface area contributed by atoms with Gasteiger partial charge in [-0.15, -0.1) is 0 Å². The Hall–Kier alpha value is -2.21. The Morgan fingerprint density at radius 3 is 2.44 bits per heavy atom. The first-order valence-corrected chi connectivity index (χ1v) is 5.04. The second-order valence-corrected chi connectivity index (χ2v) is 3.59. The van der Waals surface area contributed by atoms with E-state index in [1.807, 2.05) is 44.3 Å². The highest BCUT2D eigenvalue weighted by Gasteiger charge is 2.05. The molecule has 0 aliphatic heterocycles. The molecular formula is C13H13N3. The van der Waals surface area contributed by atoms with Gasteiger partial charge in [0.25, 0.3) is 0 Å². The molecule has 80 valence electrons. The molecule has 3 nitrogen and oxygen atoms in total. The van der Waals surface area contributed by atoms with Crippen LogP contribution in [0.3, 0.4) is 0 Å². The van der Waals surface area contributed by atoms with Crippen LogP contribution in [-0.4, -0.2) is 9.78 Å². The quantitative estimate of drug-likeness (QED) is 0.674. The molecule has 0 saturated heterocycles. The van der Waals surface area contributed by atoms with Crippen molar-refractivity contribution in [2.24, 2.45) is 7.05 Å². The van der Waals surface area contributed by atoms with Crippen molar-refractivity contribution in [3.8, 4) is 11.8 Å². The second-order valence-electron chi connectivity index (χ2n) is 3.59. The van der Waals surface area contributed by atoms with Crippen molar-refractivity contribution in [3.05, 3.63) is 47.3 Å². The van der Waals surface area contributed by atoms with Crippen LogP contribution in [0, 0.1) is 18.8 Å². The Kier molecular flexibility index (Phi) is 2.65. The zero-order chi connectivity index (χ0) is 11.5. The molecule has 0 radical (unpaired) electrons. The van der Waals surface area contributed by atoms with E-state index >= 15 is 0 Å². The zero-order valence-corrected chi connectivity index (χ0v) is 9.36. The third-order valence-electron chi connectivity index (χ3n) is 2.48. The van der Waals surface area contributed by atoms with Crippen molar-refractivity contribution in [2.75, 3.05) is 5.73 Å². The van der Waals surface area contributed by atoms with Crippen LogP contribution in [0.1, 0.15) is 17.0 Å². The summed E-state index contributed by atoms with van der Waals surface area (Å²) in [6.45, 7) is 1.93. The lowest BCUT2D eigenvalue weighted by atomic mass is 10.2. The lowest BCUT2D eigenvalue weighted by molar-refractivity contribution is 0.737. The molecule has 3 heteroatoms. The maximum absolute atomic E-state index is 5.88. The van der Waals surface area contributed by atoms with Gasteiger partial charge in [0.05, 0.1) is 11.4 Å². The fraction of sp³-hybridized carbons (Fsp3) is 0.154. The molecule has 0 bridgehead atoms. The Labute approximate surface area is 94.9 Å². The van der Waals surface area contributed by atoms with Gasteiger partial charge in [0.1, 0.15) is 0 Å². The largest absolute Gasteiger partial charge is 0.395 e. The van der Waals surface area contributed by atoms with Gasteiger partial charge in [0, 0.05) is 12.6 Å². The number of benzene rings is 1. The number of hydrogen-bond acceptors (Lipinski definition) is 2. The maximum Gasteiger partial charge on any atom is 0.158 e. The van der Waals surface area contributed by atoms with Crippen LogP contribution in [0.2, 0.25) is 0 Å². The van der Waals surface area contributed by atoms with Crippen LogP contribution >= 0.6 is 0 Å². The summed E-state index contributed by atoms with van der Waals surface area (Å²) in [5, 5.41) is 4.24. The Morgan fingerprint density at radius 2 is 1.88 bits per heavy atom. The molecule has 1 heterocycles. The first-order chi connectivity index (χ1) is 7.68. The lowest BCUT2D eigenvalue weighted by Crippen LogP contribution is -1.93. The van der Waals surface area contributed by atoms with Gasteiger partial charge in [0.15, 0.2) is 5.69 Å². The highest BCUT2D eigenvalue weighted by atomic mass is 15.3. The second kappa shape index (κ2) is 4.11. The first kappa shape index (κ1) is 10.3. The van der Waals surface area contributed by atoms with Crippen molar-refractivity contribution in [3.63, 3.8) is 0 Å². The fourth-order valence-corrected chi connectivity index (χ4v) is 1.37. The van der Waals surface area contributed by atoms with E-state index in [9.17, 15) is 0 Å². The summed E-state index contributed by atoms with van der Waals surface area (Å²) >= 11 is 0. The summed E-state index contributed by atoms with van der Waals surface area (Å²) < 4.78 is 1.74. The predicted molar refractivity (Wildman–Crippen MR) is 64.8 cm³/mol. The number of anilines is 1. The Balaban J connectivity index is 2.35. The average Bonchev–Trinajstić information content (AvgIpc) is 2.56. The highest BCUT2D eigenvalue weighted by molar-refractivity contribution is 5.56. The topological polar surface area (TPSA) is 43.8 Å². The maximum atomic E-state index is 5.88. The molecule has 16 heavy (non-hydrogen) atoms. The van der Waals surface area contributed by atoms with Gasteiger partial charge in [-0.25, -0.2) is 0 Å². The molecule has 0 aliphatic carbocycles. The van der Waals surface area contributed by atoms with Crippen LogP contribution in [0.25, 0.3) is 0 Å². The average molecular weight is 211 g/mol. The molecule has 1 aromatic carbocycles. The molecule has 0 fully saturated rings. The number of aryl methyl sites for hydroxylation is 1. The van der Waals surface area contributed by atoms with Crippen molar-refractivity contribution in [1.29, 1.82) is 0 Å². The van der Waals surface area contributed by atoms with Crippen molar-refractivity contribution < 1.29 is 0 Å². The molecule has 2 aromatic rings. The number of nitrogens with two attached hydrogens (primary N) is 1. The minimum Gasteiger partial charge on any atom is -0.395 e. The molecule has 0 amide bonds. The summed E-state index contributed by atoms with van der Waals surface area (Å²) in [5.41, 5.74) is 9.09. The van der Waals surface area contributed by atoms with E-state index in [-0.39, 0.29) is 0 Å². The van der Waals surface area contributed by atoms with E-state index in [0.717, 1.165) is 11.3 Å². The summed E-state index contributed by atoms with van der Waals surface area (Å²) in [6.07, 6.45) is 0. The van der Waals surface area contributed by atoms with E-state index in [4.69, 9.17) is 5.73 Å². The summed E-state index contributed by atoms with van der Waals surface area (Å²) in [4.78, 5) is 0. The number of nitrogen functional groups attached to an aromatic ring is 1. The Morgan fingerprint density at radius 1 is 1.19 bits per heavy atom. The molecule has 0 spiro atoms. The molecule has 0 unspecified atom stereocenters. The Bertz CT molecular complexity index is 556. The monoisotopic (exact) mass is 211 g/mol. The standard InChI is InChI=1S/C13H13N3/c1-10-13(14)12(15-16(10)2)9-8-11-6-4-3-5-7-11/h3-7H,14H2,1-2H3. The zero-order valence-electron chi connectivity index (χ0n) is 9.36. The van der Waals surface area contributed by atoms with E-state index in [1.54, 1.807) is 4.68 Å². The summed E-state index contributed by atoms with van der Waals surface area (Å²) in [7, 11) is 1.86. The summed E-state index contributed by atoms with van der Waals surface area (Å²) in [5.74, 6) is 6.02. The van der Waals surface area contributed by atoms with Crippen molar-refractivity contribution in [2.45, 2.75) is 6.92 Å². The molecule has 0 atom stereocenters. The van der Waals surface area contributed by atoms with E-state index < -0.39 is 0 Å². The number of nitrogens with zero attached hydrogens (tertiary/aromatic N) is 2. The van der Waals surface area contributed by atoms with E-state index in [1.165, 1.54) is 0 Å². The SMILES string of the molecule is Cc1c(N)c(C#Cc2ccccc2)nn1C. The van der Waals surface area contributed by atoms with Crippen molar-refractivity contribution in [1.82, 2.24) is 9.78 Å². The molecule has 0 aliphatic rings. The third-order valence-corrected chi connectivity index (χ3v) is 2.48. The minimum atomic E-state index is 0.642. The van der Waals surface area contributed by atoms with Crippen LogP contribution < -0.4 is 5.73 Å². The van der Waals surface area contributed by atoms with Gasteiger partial charge in [-0.2, -0.15) is 5.10 Å². The van der Waals surface area contributed by atoms with Crippen molar-refractivity contribution >= 4 is 5.69 Å². The smallest absolute Gasteiger partial charge is 0.158 e. The number of aromatic nitrogens is 2. The van der Waals surface area contributed by atoms with Gasteiger partial charge >= 0.3 is 0 Å². The molecule has 2 rings (SSSR count). The highest BCUT2D eigenvalue weighted by Crippen LogP contribution is 2.13. The number of rotatable bonds is 0. The van der Waals surface area contributed by atoms with Crippen LogP contribution in [0.15, 0.2) is 30.3 Å². The third kappa shape index (κ3) is 1.91. The van der Waals surface area contributed by atoms with Gasteiger partial charge in [-0.3, -0.25) is 4.68 Å². The van der Waals surface area contributed by atoms with Gasteiger partial charge in [-0.05, 0) is 25.0 Å². The molecule has 0 saturated carbocycles. The number of hydrogen-bond donors (Lipinski definition) is 1. The van der Waals surface area contributed by atoms with E-state index in [2.05, 4.69) is 16.9 Å². The van der Waals surface area contributed by atoms with E-state index in [0.29, 0.717) is 11.4 Å². The molecule has 1 aromatic heterocycles. The normalized spacial score (nSPS) is 9.62. The predicted octanol–water partition coefficient (Wildman–Crippen LogP) is 1.71. The van der Waals surface area contributed by atoms with Gasteiger partial charge < -0.3 is 5.73 Å². The fourth-order valence-electron chi connectivity index (χ4n) is 1.37.